The predicted octanol–water partition coefficient (Wildman–Crippen LogP) is 5.38. The van der Waals surface area contributed by atoms with Crippen LogP contribution in [0.1, 0.15) is 37.8 Å². The summed E-state index contributed by atoms with van der Waals surface area (Å²) in [6, 6.07) is 18.7. The molecule has 0 unspecified atom stereocenters. The minimum Gasteiger partial charge on any atom is -0.316 e. The zero-order valence-electron chi connectivity index (χ0n) is 16.3. The van der Waals surface area contributed by atoms with Crippen LogP contribution in [0, 0.1) is 29.2 Å². The molecule has 0 aromatic heterocycles. The van der Waals surface area contributed by atoms with Crippen LogP contribution >= 0.6 is 0 Å². The van der Waals surface area contributed by atoms with E-state index in [1.165, 1.54) is 5.56 Å². The summed E-state index contributed by atoms with van der Waals surface area (Å²) in [6.07, 6.45) is 2.17. The van der Waals surface area contributed by atoms with E-state index in [0.29, 0.717) is 12.5 Å². The van der Waals surface area contributed by atoms with Crippen molar-refractivity contribution in [1.29, 1.82) is 5.26 Å². The van der Waals surface area contributed by atoms with Gasteiger partial charge in [-0.1, -0.05) is 56.3 Å². The lowest BCUT2D eigenvalue weighted by atomic mass is 9.70. The SMILES string of the molecule is [C-]#[N+]CC1(C(C)C)CCN(Cc2ccc(-c3ccccc3)c(C#N)c2)CC1. The molecule has 3 heteroatoms. The van der Waals surface area contributed by atoms with Gasteiger partial charge in [-0.15, -0.1) is 0 Å². The topological polar surface area (TPSA) is 31.4 Å². The smallest absolute Gasteiger partial charge is 0.220 e. The maximum absolute atomic E-state index is 9.61. The van der Waals surface area contributed by atoms with E-state index >= 15 is 0 Å². The first kappa shape index (κ1) is 19.2. The standard InChI is InChI=1S/C24H27N3/c1-19(2)24(18-26-3)11-13-27(14-12-24)17-20-9-10-23(22(15-20)16-25)21-7-5-4-6-8-21/h4-10,15,19H,11-14,17-18H2,1-2H3. The van der Waals surface area contributed by atoms with E-state index in [9.17, 15) is 5.26 Å². The third kappa shape index (κ3) is 4.21. The molecule has 0 atom stereocenters. The highest BCUT2D eigenvalue weighted by atomic mass is 15.1. The Balaban J connectivity index is 1.71. The van der Waals surface area contributed by atoms with Crippen LogP contribution in [0.3, 0.4) is 0 Å². The highest BCUT2D eigenvalue weighted by molar-refractivity contribution is 5.70. The van der Waals surface area contributed by atoms with Crippen molar-refractivity contribution in [2.45, 2.75) is 33.2 Å². The Morgan fingerprint density at radius 3 is 2.44 bits per heavy atom. The molecule has 27 heavy (non-hydrogen) atoms. The van der Waals surface area contributed by atoms with Gasteiger partial charge in [-0.3, -0.25) is 4.90 Å². The van der Waals surface area contributed by atoms with Gasteiger partial charge in [0.15, 0.2) is 0 Å². The molecule has 0 N–H and O–H groups in total. The summed E-state index contributed by atoms with van der Waals surface area (Å²) in [7, 11) is 0. The number of benzene rings is 2. The van der Waals surface area contributed by atoms with Gasteiger partial charge in [-0.05, 0) is 54.6 Å². The van der Waals surface area contributed by atoms with Gasteiger partial charge in [0.25, 0.3) is 0 Å². The van der Waals surface area contributed by atoms with E-state index in [-0.39, 0.29) is 5.41 Å². The van der Waals surface area contributed by atoms with Crippen molar-refractivity contribution in [2.75, 3.05) is 19.6 Å². The maximum Gasteiger partial charge on any atom is 0.220 e. The van der Waals surface area contributed by atoms with E-state index in [1.54, 1.807) is 0 Å². The molecule has 3 rings (SSSR count). The Kier molecular flexibility index (Phi) is 5.94. The van der Waals surface area contributed by atoms with Crippen molar-refractivity contribution < 1.29 is 0 Å². The summed E-state index contributed by atoms with van der Waals surface area (Å²) in [6.45, 7) is 15.4. The zero-order chi connectivity index (χ0) is 19.3. The molecular weight excluding hydrogens is 330 g/mol. The fourth-order valence-corrected chi connectivity index (χ4v) is 4.14. The fraction of sp³-hybridized carbons (Fsp3) is 0.417. The predicted molar refractivity (Wildman–Crippen MR) is 110 cm³/mol. The Morgan fingerprint density at radius 2 is 1.85 bits per heavy atom. The molecule has 0 aliphatic carbocycles. The summed E-state index contributed by atoms with van der Waals surface area (Å²) >= 11 is 0. The van der Waals surface area contributed by atoms with Crippen molar-refractivity contribution in [3.63, 3.8) is 0 Å². The number of nitrogens with zero attached hydrogens (tertiary/aromatic N) is 3. The average molecular weight is 358 g/mol. The van der Waals surface area contributed by atoms with Crippen molar-refractivity contribution in [1.82, 2.24) is 4.90 Å². The number of piperidine rings is 1. The van der Waals surface area contributed by atoms with Gasteiger partial charge < -0.3 is 4.85 Å². The molecule has 1 fully saturated rings. The lowest BCUT2D eigenvalue weighted by Crippen LogP contribution is -2.43. The fourth-order valence-electron chi connectivity index (χ4n) is 4.14. The molecule has 1 aliphatic rings. The third-order valence-corrected chi connectivity index (χ3v) is 6.17. The van der Waals surface area contributed by atoms with Crippen molar-refractivity contribution in [2.24, 2.45) is 11.3 Å². The quantitative estimate of drug-likeness (QED) is 0.673. The number of likely N-dealkylation sites (tertiary alicyclic amines) is 1. The highest BCUT2D eigenvalue weighted by Gasteiger charge is 2.40. The summed E-state index contributed by atoms with van der Waals surface area (Å²) in [5.74, 6) is 0.545. The van der Waals surface area contributed by atoms with E-state index in [4.69, 9.17) is 6.57 Å². The molecule has 138 valence electrons. The van der Waals surface area contributed by atoms with E-state index in [1.807, 2.05) is 36.4 Å². The van der Waals surface area contributed by atoms with Gasteiger partial charge in [0, 0.05) is 12.0 Å². The maximum atomic E-state index is 9.61. The lowest BCUT2D eigenvalue weighted by molar-refractivity contribution is 0.0716. The van der Waals surface area contributed by atoms with Crippen LogP contribution in [-0.4, -0.2) is 24.5 Å². The second-order valence-corrected chi connectivity index (χ2v) is 7.97. The van der Waals surface area contributed by atoms with Crippen LogP contribution in [0.25, 0.3) is 16.0 Å². The molecule has 2 aromatic rings. The van der Waals surface area contributed by atoms with E-state index in [2.05, 4.69) is 41.8 Å². The van der Waals surface area contributed by atoms with Gasteiger partial charge in [0.1, 0.15) is 0 Å². The van der Waals surface area contributed by atoms with Crippen LogP contribution in [0.4, 0.5) is 0 Å². The molecule has 2 aromatic carbocycles. The van der Waals surface area contributed by atoms with Crippen LogP contribution in [-0.2, 0) is 6.54 Å². The first-order valence-electron chi connectivity index (χ1n) is 9.72. The molecule has 0 saturated carbocycles. The van der Waals surface area contributed by atoms with Crippen LogP contribution < -0.4 is 0 Å². The second kappa shape index (κ2) is 8.38. The van der Waals surface area contributed by atoms with Gasteiger partial charge in [-0.25, -0.2) is 6.57 Å². The van der Waals surface area contributed by atoms with E-state index in [0.717, 1.165) is 49.2 Å². The number of hydrogen-bond donors (Lipinski definition) is 0. The van der Waals surface area contributed by atoms with Gasteiger partial charge in [0.05, 0.1) is 11.6 Å². The largest absolute Gasteiger partial charge is 0.316 e. The highest BCUT2D eigenvalue weighted by Crippen LogP contribution is 2.39. The molecular formula is C24H27N3. The molecule has 0 bridgehead atoms. The van der Waals surface area contributed by atoms with Crippen LogP contribution in [0.15, 0.2) is 48.5 Å². The minimum atomic E-state index is 0.174. The molecule has 0 amide bonds. The number of hydrogen-bond acceptors (Lipinski definition) is 2. The van der Waals surface area contributed by atoms with Gasteiger partial charge in [0.2, 0.25) is 6.54 Å². The summed E-state index contributed by atoms with van der Waals surface area (Å²) in [4.78, 5) is 6.18. The third-order valence-electron chi connectivity index (χ3n) is 6.17. The summed E-state index contributed by atoms with van der Waals surface area (Å²) < 4.78 is 0. The Bertz CT molecular complexity index is 847. The summed E-state index contributed by atoms with van der Waals surface area (Å²) in [5, 5.41) is 9.61. The Hall–Kier alpha value is -2.62. The Morgan fingerprint density at radius 1 is 1.15 bits per heavy atom. The monoisotopic (exact) mass is 357 g/mol. The minimum absolute atomic E-state index is 0.174. The number of nitriles is 1. The Labute approximate surface area is 163 Å². The molecule has 3 nitrogen and oxygen atoms in total. The van der Waals surface area contributed by atoms with Crippen molar-refractivity contribution in [3.05, 3.63) is 71.1 Å². The lowest BCUT2D eigenvalue weighted by Gasteiger charge is -2.41. The first-order chi connectivity index (χ1) is 13.1. The zero-order valence-corrected chi connectivity index (χ0v) is 16.3. The molecule has 1 saturated heterocycles. The average Bonchev–Trinajstić information content (AvgIpc) is 2.70. The molecule has 1 aliphatic heterocycles. The molecule has 0 spiro atoms. The first-order valence-corrected chi connectivity index (χ1v) is 9.72. The number of rotatable bonds is 5. The van der Waals surface area contributed by atoms with Crippen LogP contribution in [0.5, 0.6) is 0 Å². The van der Waals surface area contributed by atoms with Gasteiger partial charge in [-0.2, -0.15) is 5.26 Å². The molecule has 0 radical (unpaired) electrons. The van der Waals surface area contributed by atoms with E-state index < -0.39 is 0 Å². The second-order valence-electron chi connectivity index (χ2n) is 7.97. The van der Waals surface area contributed by atoms with Crippen LogP contribution in [0.2, 0.25) is 0 Å². The normalized spacial score (nSPS) is 16.6. The summed E-state index contributed by atoms with van der Waals surface area (Å²) in [5.41, 5.74) is 4.18. The van der Waals surface area contributed by atoms with Crippen molar-refractivity contribution >= 4 is 0 Å². The van der Waals surface area contributed by atoms with Gasteiger partial charge >= 0.3 is 0 Å². The van der Waals surface area contributed by atoms with Crippen molar-refractivity contribution in [3.8, 4) is 17.2 Å². The molecule has 1 heterocycles.